The smallest absolute Gasteiger partial charge is 0.415 e. The summed E-state index contributed by atoms with van der Waals surface area (Å²) in [5.74, 6) is -0.432. The maximum absolute atomic E-state index is 12.4. The minimum atomic E-state index is -1.91. The molecule has 0 saturated carbocycles. The van der Waals surface area contributed by atoms with Crippen LogP contribution in [0.25, 0.3) is 0 Å². The van der Waals surface area contributed by atoms with Crippen LogP contribution in [0.1, 0.15) is 0 Å². The number of ether oxygens (including phenoxy) is 3. The molecule has 5 atom stereocenters. The van der Waals surface area contributed by atoms with E-state index in [0.29, 0.717) is 30.6 Å². The average Bonchev–Trinajstić information content (AvgIpc) is 2.87. The van der Waals surface area contributed by atoms with Gasteiger partial charge < -0.3 is 49.3 Å². The van der Waals surface area contributed by atoms with Gasteiger partial charge in [-0.1, -0.05) is 0 Å². The number of nitrogens with zero attached hydrogens (tertiary/aromatic N) is 3. The second-order valence-electron chi connectivity index (χ2n) is 8.19. The first kappa shape index (κ1) is 30.7. The van der Waals surface area contributed by atoms with Gasteiger partial charge in [0.2, 0.25) is 6.29 Å². The van der Waals surface area contributed by atoms with Gasteiger partial charge in [-0.25, -0.2) is 14.4 Å². The summed E-state index contributed by atoms with van der Waals surface area (Å²) >= 11 is 11.6. The molecule has 2 amide bonds. The molecule has 4 N–H and O–H groups in total. The highest BCUT2D eigenvalue weighted by Gasteiger charge is 2.48. The number of likely N-dealkylation sites (N-methyl/N-ethyl adjacent to an activating group) is 2. The van der Waals surface area contributed by atoms with E-state index < -0.39 is 48.9 Å². The van der Waals surface area contributed by atoms with Gasteiger partial charge in [0, 0.05) is 57.7 Å². The fraction of sp³-hybridized carbons (Fsp3) is 0.591. The lowest BCUT2D eigenvalue weighted by Crippen LogP contribution is -2.61. The van der Waals surface area contributed by atoms with Gasteiger partial charge >= 0.3 is 18.2 Å². The highest BCUT2D eigenvalue weighted by atomic mass is 35.5. The third-order valence-electron chi connectivity index (χ3n) is 5.54. The van der Waals surface area contributed by atoms with E-state index in [0.717, 1.165) is 10.6 Å². The topological polar surface area (TPSA) is 170 Å². The monoisotopic (exact) mass is 567 g/mol. The van der Waals surface area contributed by atoms with Gasteiger partial charge in [0.15, 0.2) is 6.10 Å². The number of carboxylic acids is 1. The number of carboxylic acid groups (broad SMARTS) is 1. The molecule has 2 rings (SSSR count). The van der Waals surface area contributed by atoms with Crippen LogP contribution in [0.3, 0.4) is 0 Å². The first-order valence-corrected chi connectivity index (χ1v) is 12.3. The number of benzene rings is 1. The van der Waals surface area contributed by atoms with Crippen molar-refractivity contribution < 1.29 is 49.0 Å². The Hall–Kier alpha value is -2.55. The number of carbonyl (C=O) groups excluding carboxylic acids is 2. The molecular formula is C22H31Cl2N3O10. The van der Waals surface area contributed by atoms with Gasteiger partial charge in [-0.2, -0.15) is 0 Å². The van der Waals surface area contributed by atoms with Gasteiger partial charge in [-0.05, 0) is 24.3 Å². The fourth-order valence-electron chi connectivity index (χ4n) is 3.30. The van der Waals surface area contributed by atoms with Crippen molar-refractivity contribution in [1.82, 2.24) is 9.80 Å². The van der Waals surface area contributed by atoms with Crippen molar-refractivity contribution in [3.05, 3.63) is 24.3 Å². The molecule has 1 aliphatic heterocycles. The third kappa shape index (κ3) is 8.48. The van der Waals surface area contributed by atoms with E-state index in [1.54, 1.807) is 24.3 Å². The first-order chi connectivity index (χ1) is 17.5. The second kappa shape index (κ2) is 14.4. The van der Waals surface area contributed by atoms with Crippen molar-refractivity contribution in [1.29, 1.82) is 0 Å². The Morgan fingerprint density at radius 2 is 1.41 bits per heavy atom. The SMILES string of the molecule is CN(CCN(C)C(=O)O[C@@H]1O[C@H](C(=O)O)[C@@H](O)[C@H](O)[C@H]1O)C(=O)Oc1ccc(N(CCCl)CCCl)cc1. The maximum atomic E-state index is 12.4. The van der Waals surface area contributed by atoms with Crippen molar-refractivity contribution in [2.24, 2.45) is 0 Å². The summed E-state index contributed by atoms with van der Waals surface area (Å²) in [6.07, 6.45) is -11.1. The summed E-state index contributed by atoms with van der Waals surface area (Å²) in [7, 11) is 2.80. The molecule has 208 valence electrons. The Morgan fingerprint density at radius 1 is 0.865 bits per heavy atom. The van der Waals surface area contributed by atoms with Gasteiger partial charge in [0.25, 0.3) is 0 Å². The molecule has 0 aromatic heterocycles. The van der Waals surface area contributed by atoms with E-state index in [4.69, 9.17) is 42.5 Å². The summed E-state index contributed by atoms with van der Waals surface area (Å²) in [5.41, 5.74) is 0.873. The Bertz CT molecular complexity index is 903. The predicted molar refractivity (Wildman–Crippen MR) is 132 cm³/mol. The number of alkyl halides is 2. The molecule has 0 spiro atoms. The predicted octanol–water partition coefficient (Wildman–Crippen LogP) is 0.362. The summed E-state index contributed by atoms with van der Waals surface area (Å²) in [6, 6.07) is 6.81. The molecule has 13 nitrogen and oxygen atoms in total. The van der Waals surface area contributed by atoms with Gasteiger partial charge in [-0.15, -0.1) is 23.2 Å². The number of amides is 2. The number of carbonyl (C=O) groups is 3. The van der Waals surface area contributed by atoms with E-state index in [1.807, 2.05) is 4.90 Å². The van der Waals surface area contributed by atoms with Crippen molar-refractivity contribution in [3.8, 4) is 5.75 Å². The standard InChI is InChI=1S/C22H31Cl2N3O10/c1-25(21(33)35-14-5-3-13(4-6-14)27(9-7-23)10-8-24)11-12-26(2)22(34)37-20-17(30)15(28)16(29)18(36-20)19(31)32/h3-6,15-18,20,28-30H,7-12H2,1-2H3,(H,31,32)/t15-,16-,17+,18-,20-/m0/s1. The molecule has 1 aromatic carbocycles. The maximum Gasteiger partial charge on any atom is 0.415 e. The molecule has 1 heterocycles. The average molecular weight is 568 g/mol. The van der Waals surface area contributed by atoms with Crippen molar-refractivity contribution in [2.45, 2.75) is 30.7 Å². The molecule has 37 heavy (non-hydrogen) atoms. The zero-order chi connectivity index (χ0) is 27.7. The highest BCUT2D eigenvalue weighted by Crippen LogP contribution is 2.23. The minimum Gasteiger partial charge on any atom is -0.479 e. The van der Waals surface area contributed by atoms with Crippen molar-refractivity contribution >= 4 is 47.0 Å². The Morgan fingerprint density at radius 3 is 1.92 bits per heavy atom. The van der Waals surface area contributed by atoms with E-state index in [1.165, 1.54) is 19.0 Å². The molecule has 1 aliphatic rings. The van der Waals surface area contributed by atoms with Crippen LogP contribution in [-0.4, -0.2) is 131 Å². The molecule has 15 heteroatoms. The molecular weight excluding hydrogens is 537 g/mol. The van der Waals surface area contributed by atoms with Gasteiger partial charge in [0.05, 0.1) is 0 Å². The van der Waals surface area contributed by atoms with Crippen LogP contribution in [-0.2, 0) is 14.3 Å². The Balaban J connectivity index is 1.85. The summed E-state index contributed by atoms with van der Waals surface area (Å²) in [5, 5.41) is 38.5. The van der Waals surface area contributed by atoms with Crippen molar-refractivity contribution in [3.63, 3.8) is 0 Å². The number of rotatable bonds is 11. The molecule has 0 radical (unpaired) electrons. The van der Waals surface area contributed by atoms with Crippen LogP contribution >= 0.6 is 23.2 Å². The zero-order valence-corrected chi connectivity index (χ0v) is 21.8. The molecule has 0 aliphatic carbocycles. The number of aliphatic hydroxyl groups is 3. The van der Waals surface area contributed by atoms with Crippen LogP contribution in [0.15, 0.2) is 24.3 Å². The summed E-state index contributed by atoms with van der Waals surface area (Å²) in [4.78, 5) is 40.2. The van der Waals surface area contributed by atoms with Crippen molar-refractivity contribution in [2.75, 3.05) is 56.9 Å². The molecule has 1 saturated heterocycles. The number of aliphatic carboxylic acids is 1. The number of anilines is 1. The normalized spacial score (nSPS) is 23.2. The highest BCUT2D eigenvalue weighted by molar-refractivity contribution is 6.18. The Kier molecular flexibility index (Phi) is 11.9. The van der Waals surface area contributed by atoms with E-state index in [-0.39, 0.29) is 13.1 Å². The lowest BCUT2D eigenvalue weighted by molar-refractivity contribution is -0.279. The third-order valence-corrected chi connectivity index (χ3v) is 5.88. The van der Waals surface area contributed by atoms with Crippen LogP contribution in [0, 0.1) is 0 Å². The largest absolute Gasteiger partial charge is 0.479 e. The van der Waals surface area contributed by atoms with Crippen LogP contribution in [0.5, 0.6) is 5.75 Å². The Labute approximate surface area is 223 Å². The molecule has 0 unspecified atom stereocenters. The molecule has 0 bridgehead atoms. The van der Waals surface area contributed by atoms with Crippen LogP contribution in [0.4, 0.5) is 15.3 Å². The number of hydrogen-bond acceptors (Lipinski definition) is 10. The zero-order valence-electron chi connectivity index (χ0n) is 20.3. The van der Waals surface area contributed by atoms with Gasteiger partial charge in [-0.3, -0.25) is 0 Å². The lowest BCUT2D eigenvalue weighted by Gasteiger charge is -2.38. The van der Waals surface area contributed by atoms with Crippen LogP contribution in [0.2, 0.25) is 0 Å². The first-order valence-electron chi connectivity index (χ1n) is 11.2. The van der Waals surface area contributed by atoms with Gasteiger partial charge in [0.1, 0.15) is 24.1 Å². The second-order valence-corrected chi connectivity index (χ2v) is 8.94. The molecule has 1 fully saturated rings. The van der Waals surface area contributed by atoms with E-state index in [2.05, 4.69) is 0 Å². The fourth-order valence-corrected chi connectivity index (χ4v) is 3.71. The molecule has 1 aromatic rings. The van der Waals surface area contributed by atoms with Crippen LogP contribution < -0.4 is 9.64 Å². The van der Waals surface area contributed by atoms with E-state index >= 15 is 0 Å². The van der Waals surface area contributed by atoms with E-state index in [9.17, 15) is 29.7 Å². The summed E-state index contributed by atoms with van der Waals surface area (Å²) in [6.45, 7) is 1.24. The number of halogens is 2. The number of aliphatic hydroxyl groups excluding tert-OH is 3. The quantitative estimate of drug-likeness (QED) is 0.272. The minimum absolute atomic E-state index is 0.0223. The lowest BCUT2D eigenvalue weighted by atomic mass is 9.99. The summed E-state index contributed by atoms with van der Waals surface area (Å²) < 4.78 is 15.2. The number of hydrogen-bond donors (Lipinski definition) is 4.